The summed E-state index contributed by atoms with van der Waals surface area (Å²) in [5, 5.41) is 31.9. The van der Waals surface area contributed by atoms with E-state index in [1.165, 1.54) is 18.2 Å². The number of para-hydroxylation sites is 1. The molecule has 0 saturated carbocycles. The first-order chi connectivity index (χ1) is 12.5. The second-order valence-electron chi connectivity index (χ2n) is 5.05. The summed E-state index contributed by atoms with van der Waals surface area (Å²) in [7, 11) is 0. The molecule has 1 amide bonds. The minimum absolute atomic E-state index is 0.0955. The first kappa shape index (κ1) is 19.2. The summed E-state index contributed by atoms with van der Waals surface area (Å²) in [6, 6.07) is 14.9. The molecule has 0 aliphatic carbocycles. The monoisotopic (exact) mass is 369 g/mol. The molecule has 0 aliphatic heterocycles. The van der Waals surface area contributed by atoms with Crippen LogP contribution in [-0.4, -0.2) is 28.3 Å². The predicted octanol–water partition coefficient (Wildman–Crippen LogP) is 3.22. The highest BCUT2D eigenvalue weighted by Crippen LogP contribution is 2.30. The van der Waals surface area contributed by atoms with Gasteiger partial charge in [-0.25, -0.2) is 0 Å². The maximum atomic E-state index is 12.2. The molecule has 0 bridgehead atoms. The van der Waals surface area contributed by atoms with Crippen molar-refractivity contribution in [3.05, 3.63) is 69.8 Å². The SMILES string of the molecule is N#C/C(=C\c1ccc(SCCO)c([N+](=O)[O-])c1)C(=O)Nc1ccccc1. The van der Waals surface area contributed by atoms with Crippen LogP contribution in [0.25, 0.3) is 6.08 Å². The maximum Gasteiger partial charge on any atom is 0.283 e. The lowest BCUT2D eigenvalue weighted by molar-refractivity contribution is -0.387. The van der Waals surface area contributed by atoms with Crippen molar-refractivity contribution < 1.29 is 14.8 Å². The van der Waals surface area contributed by atoms with Crippen molar-refractivity contribution in [2.75, 3.05) is 17.7 Å². The molecular weight excluding hydrogens is 354 g/mol. The van der Waals surface area contributed by atoms with Crippen LogP contribution in [0, 0.1) is 21.4 Å². The second-order valence-corrected chi connectivity index (χ2v) is 6.18. The van der Waals surface area contributed by atoms with Crippen LogP contribution in [0.4, 0.5) is 11.4 Å². The van der Waals surface area contributed by atoms with Gasteiger partial charge in [0, 0.05) is 17.5 Å². The fourth-order valence-corrected chi connectivity index (χ4v) is 2.84. The summed E-state index contributed by atoms with van der Waals surface area (Å²) in [6.07, 6.45) is 1.30. The Balaban J connectivity index is 2.27. The molecule has 0 aliphatic rings. The van der Waals surface area contributed by atoms with Gasteiger partial charge in [0.1, 0.15) is 11.6 Å². The summed E-state index contributed by atoms with van der Waals surface area (Å²) in [6.45, 7) is -0.0955. The van der Waals surface area contributed by atoms with Crippen LogP contribution in [0.3, 0.4) is 0 Å². The van der Waals surface area contributed by atoms with E-state index in [1.807, 2.05) is 6.07 Å². The molecule has 0 fully saturated rings. The molecular formula is C18H15N3O4S. The van der Waals surface area contributed by atoms with Gasteiger partial charge in [0.2, 0.25) is 0 Å². The molecule has 2 rings (SSSR count). The van der Waals surface area contributed by atoms with E-state index < -0.39 is 10.8 Å². The number of aliphatic hydroxyl groups excluding tert-OH is 1. The zero-order valence-corrected chi connectivity index (χ0v) is 14.4. The largest absolute Gasteiger partial charge is 0.396 e. The first-order valence-electron chi connectivity index (χ1n) is 7.55. The molecule has 2 N–H and O–H groups in total. The number of carbonyl (C=O) groups is 1. The highest BCUT2D eigenvalue weighted by Gasteiger charge is 2.16. The van der Waals surface area contributed by atoms with Crippen LogP contribution in [0.5, 0.6) is 0 Å². The Kier molecular flexibility index (Phi) is 6.91. The second kappa shape index (κ2) is 9.36. The quantitative estimate of drug-likeness (QED) is 0.254. The normalized spacial score (nSPS) is 10.8. The topological polar surface area (TPSA) is 116 Å². The van der Waals surface area contributed by atoms with Gasteiger partial charge < -0.3 is 10.4 Å². The van der Waals surface area contributed by atoms with Gasteiger partial charge in [0.25, 0.3) is 11.6 Å². The van der Waals surface area contributed by atoms with Crippen molar-refractivity contribution in [3.63, 3.8) is 0 Å². The Hall–Kier alpha value is -3.15. The van der Waals surface area contributed by atoms with Crippen molar-refractivity contribution in [1.82, 2.24) is 0 Å². The van der Waals surface area contributed by atoms with Crippen LogP contribution in [0.15, 0.2) is 59.0 Å². The van der Waals surface area contributed by atoms with Crippen molar-refractivity contribution in [2.45, 2.75) is 4.90 Å². The van der Waals surface area contributed by atoms with Crippen LogP contribution in [0.2, 0.25) is 0 Å². The minimum Gasteiger partial charge on any atom is -0.396 e. The molecule has 0 heterocycles. The van der Waals surface area contributed by atoms with Crippen LogP contribution < -0.4 is 5.32 Å². The van der Waals surface area contributed by atoms with Gasteiger partial charge >= 0.3 is 0 Å². The summed E-state index contributed by atoms with van der Waals surface area (Å²) in [5.74, 6) is -0.265. The molecule has 2 aromatic rings. The number of thioether (sulfide) groups is 1. The smallest absolute Gasteiger partial charge is 0.283 e. The zero-order chi connectivity index (χ0) is 18.9. The number of hydrogen-bond acceptors (Lipinski definition) is 6. The van der Waals surface area contributed by atoms with Gasteiger partial charge in [0.15, 0.2) is 0 Å². The number of nitro groups is 1. The lowest BCUT2D eigenvalue weighted by atomic mass is 10.1. The lowest BCUT2D eigenvalue weighted by Gasteiger charge is -2.05. The minimum atomic E-state index is -0.597. The third-order valence-corrected chi connectivity index (χ3v) is 4.28. The molecule has 7 nitrogen and oxygen atoms in total. The molecule has 0 radical (unpaired) electrons. The fourth-order valence-electron chi connectivity index (χ4n) is 2.08. The Morgan fingerprint density at radius 2 is 2.04 bits per heavy atom. The average Bonchev–Trinajstić information content (AvgIpc) is 2.65. The Bertz CT molecular complexity index is 876. The van der Waals surface area contributed by atoms with Crippen molar-refractivity contribution in [1.29, 1.82) is 5.26 Å². The number of amides is 1. The van der Waals surface area contributed by atoms with Crippen molar-refractivity contribution in [2.24, 2.45) is 0 Å². The van der Waals surface area contributed by atoms with Gasteiger partial charge in [0.05, 0.1) is 16.4 Å². The number of carbonyl (C=O) groups excluding carboxylic acids is 1. The molecule has 0 atom stereocenters. The number of aliphatic hydroxyl groups is 1. The number of nitriles is 1. The number of anilines is 1. The van der Waals surface area contributed by atoms with E-state index in [9.17, 15) is 20.2 Å². The highest BCUT2D eigenvalue weighted by molar-refractivity contribution is 7.99. The lowest BCUT2D eigenvalue weighted by Crippen LogP contribution is -2.13. The van der Waals surface area contributed by atoms with E-state index in [0.29, 0.717) is 21.9 Å². The molecule has 0 spiro atoms. The van der Waals surface area contributed by atoms with Crippen molar-refractivity contribution in [3.8, 4) is 6.07 Å². The number of nitro benzene ring substituents is 1. The number of benzene rings is 2. The molecule has 0 saturated heterocycles. The predicted molar refractivity (Wildman–Crippen MR) is 99.6 cm³/mol. The van der Waals surface area contributed by atoms with Crippen molar-refractivity contribution >= 4 is 35.1 Å². The third-order valence-electron chi connectivity index (χ3n) is 3.24. The molecule has 8 heteroatoms. The van der Waals surface area contributed by atoms with E-state index >= 15 is 0 Å². The van der Waals surface area contributed by atoms with E-state index in [1.54, 1.807) is 36.4 Å². The van der Waals surface area contributed by atoms with Gasteiger partial charge in [-0.15, -0.1) is 11.8 Å². The summed E-state index contributed by atoms with van der Waals surface area (Å²) in [4.78, 5) is 23.3. The summed E-state index contributed by atoms with van der Waals surface area (Å²) < 4.78 is 0. The number of nitrogens with one attached hydrogen (secondary N) is 1. The maximum absolute atomic E-state index is 12.2. The van der Waals surface area contributed by atoms with E-state index in [0.717, 1.165) is 11.8 Å². The Morgan fingerprint density at radius 3 is 2.65 bits per heavy atom. The standard InChI is InChI=1S/C18H15N3O4S/c19-12-14(18(23)20-15-4-2-1-3-5-15)10-13-6-7-17(26-9-8-22)16(11-13)21(24)25/h1-7,10-11,22H,8-9H2,(H,20,23)/b14-10+. The van der Waals surface area contributed by atoms with Gasteiger partial charge in [-0.2, -0.15) is 5.26 Å². The highest BCUT2D eigenvalue weighted by atomic mass is 32.2. The van der Waals surface area contributed by atoms with Gasteiger partial charge in [-0.05, 0) is 29.8 Å². The zero-order valence-electron chi connectivity index (χ0n) is 13.6. The average molecular weight is 369 g/mol. The van der Waals surface area contributed by atoms with E-state index in [4.69, 9.17) is 5.11 Å². The number of nitrogens with zero attached hydrogens (tertiary/aromatic N) is 2. The van der Waals surface area contributed by atoms with E-state index in [-0.39, 0.29) is 17.9 Å². The number of hydrogen-bond donors (Lipinski definition) is 2. The van der Waals surface area contributed by atoms with Crippen LogP contribution in [0.1, 0.15) is 5.56 Å². The third kappa shape index (κ3) is 5.17. The summed E-state index contributed by atoms with van der Waals surface area (Å²) >= 11 is 1.16. The van der Waals surface area contributed by atoms with Crippen LogP contribution in [-0.2, 0) is 4.79 Å². The number of rotatable bonds is 7. The van der Waals surface area contributed by atoms with Crippen LogP contribution >= 0.6 is 11.8 Å². The Labute approximate surface area is 154 Å². The summed E-state index contributed by atoms with van der Waals surface area (Å²) in [5.41, 5.74) is 0.599. The molecule has 132 valence electrons. The fraction of sp³-hybridized carbons (Fsp3) is 0.111. The van der Waals surface area contributed by atoms with Gasteiger partial charge in [-0.1, -0.05) is 24.3 Å². The molecule has 2 aromatic carbocycles. The van der Waals surface area contributed by atoms with Gasteiger partial charge in [-0.3, -0.25) is 14.9 Å². The van der Waals surface area contributed by atoms with E-state index in [2.05, 4.69) is 5.32 Å². The Morgan fingerprint density at radius 1 is 1.31 bits per heavy atom. The molecule has 0 aromatic heterocycles. The molecule has 26 heavy (non-hydrogen) atoms. The molecule has 0 unspecified atom stereocenters. The first-order valence-corrected chi connectivity index (χ1v) is 8.54.